The highest BCUT2D eigenvalue weighted by Gasteiger charge is 2.30. The van der Waals surface area contributed by atoms with Gasteiger partial charge in [-0.25, -0.2) is 8.42 Å². The molecule has 1 heterocycles. The van der Waals surface area contributed by atoms with Gasteiger partial charge < -0.3 is 4.90 Å². The lowest BCUT2D eigenvalue weighted by Crippen LogP contribution is -2.42. The minimum Gasteiger partial charge on any atom is -0.311 e. The molecule has 0 spiro atoms. The zero-order valence-corrected chi connectivity index (χ0v) is 16.3. The number of likely N-dealkylation sites (N-methyl/N-ethyl adjacent to an activating group) is 1. The van der Waals surface area contributed by atoms with Gasteiger partial charge in [0, 0.05) is 23.2 Å². The standard InChI is InChI=1S/C18H19BrN2O3S/c1-2-20(25(23,24)16-6-4-3-5-7-16)13-18(22)21-11-10-14-12-15(19)8-9-17(14)21/h3-9,12H,2,10-11,13H2,1H3. The van der Waals surface area contributed by atoms with E-state index in [2.05, 4.69) is 15.9 Å². The Kier molecular flexibility index (Phi) is 5.27. The number of rotatable bonds is 5. The summed E-state index contributed by atoms with van der Waals surface area (Å²) in [7, 11) is -3.68. The molecule has 0 saturated heterocycles. The molecule has 1 aliphatic rings. The number of fused-ring (bicyclic) bond motifs is 1. The van der Waals surface area contributed by atoms with Gasteiger partial charge >= 0.3 is 0 Å². The fourth-order valence-corrected chi connectivity index (χ4v) is 4.80. The number of anilines is 1. The Bertz CT molecular complexity index is 884. The fourth-order valence-electron chi connectivity index (χ4n) is 2.97. The maximum absolute atomic E-state index is 12.8. The summed E-state index contributed by atoms with van der Waals surface area (Å²) < 4.78 is 27.7. The van der Waals surface area contributed by atoms with E-state index >= 15 is 0 Å². The highest BCUT2D eigenvalue weighted by Crippen LogP contribution is 2.30. The Morgan fingerprint density at radius 3 is 2.60 bits per heavy atom. The second kappa shape index (κ2) is 7.27. The summed E-state index contributed by atoms with van der Waals surface area (Å²) in [6.07, 6.45) is 0.776. The smallest absolute Gasteiger partial charge is 0.243 e. The summed E-state index contributed by atoms with van der Waals surface area (Å²) in [5.74, 6) is -0.206. The molecule has 132 valence electrons. The van der Waals surface area contributed by atoms with Crippen LogP contribution in [0.3, 0.4) is 0 Å². The lowest BCUT2D eigenvalue weighted by Gasteiger charge is -2.24. The van der Waals surface area contributed by atoms with Crippen LogP contribution >= 0.6 is 15.9 Å². The molecular weight excluding hydrogens is 404 g/mol. The molecule has 0 aliphatic carbocycles. The molecule has 5 nitrogen and oxygen atoms in total. The molecular formula is C18H19BrN2O3S. The van der Waals surface area contributed by atoms with Crippen LogP contribution in [0.25, 0.3) is 0 Å². The highest BCUT2D eigenvalue weighted by atomic mass is 79.9. The van der Waals surface area contributed by atoms with E-state index in [1.54, 1.807) is 42.2 Å². The summed E-state index contributed by atoms with van der Waals surface area (Å²) in [6.45, 7) is 2.39. The molecule has 2 aromatic rings. The van der Waals surface area contributed by atoms with Gasteiger partial charge in [-0.3, -0.25) is 4.79 Å². The van der Waals surface area contributed by atoms with Crippen LogP contribution in [0.5, 0.6) is 0 Å². The Balaban J connectivity index is 1.81. The van der Waals surface area contributed by atoms with Crippen molar-refractivity contribution in [1.29, 1.82) is 0 Å². The van der Waals surface area contributed by atoms with Gasteiger partial charge in [-0.15, -0.1) is 0 Å². The minimum atomic E-state index is -3.68. The Morgan fingerprint density at radius 1 is 1.20 bits per heavy atom. The first-order valence-electron chi connectivity index (χ1n) is 8.07. The molecule has 0 saturated carbocycles. The largest absolute Gasteiger partial charge is 0.311 e. The van der Waals surface area contributed by atoms with Crippen molar-refractivity contribution in [3.63, 3.8) is 0 Å². The minimum absolute atomic E-state index is 0.163. The number of carbonyl (C=O) groups is 1. The van der Waals surface area contributed by atoms with Crippen LogP contribution in [0.1, 0.15) is 12.5 Å². The summed E-state index contributed by atoms with van der Waals surface area (Å²) in [5.41, 5.74) is 1.96. The third kappa shape index (κ3) is 3.63. The molecule has 3 rings (SSSR count). The van der Waals surface area contributed by atoms with Crippen LogP contribution < -0.4 is 4.90 Å². The van der Waals surface area contributed by atoms with E-state index in [9.17, 15) is 13.2 Å². The first kappa shape index (κ1) is 18.1. The monoisotopic (exact) mass is 422 g/mol. The number of amides is 1. The maximum Gasteiger partial charge on any atom is 0.243 e. The van der Waals surface area contributed by atoms with Gasteiger partial charge in [-0.05, 0) is 42.3 Å². The van der Waals surface area contributed by atoms with Crippen molar-refractivity contribution in [2.24, 2.45) is 0 Å². The zero-order chi connectivity index (χ0) is 18.0. The zero-order valence-electron chi connectivity index (χ0n) is 13.9. The lowest BCUT2D eigenvalue weighted by atomic mass is 10.2. The van der Waals surface area contributed by atoms with E-state index in [4.69, 9.17) is 0 Å². The molecule has 0 radical (unpaired) electrons. The van der Waals surface area contributed by atoms with Crippen molar-refractivity contribution in [3.05, 3.63) is 58.6 Å². The lowest BCUT2D eigenvalue weighted by molar-refractivity contribution is -0.118. The number of hydrogen-bond donors (Lipinski definition) is 0. The second-order valence-corrected chi connectivity index (χ2v) is 8.67. The first-order valence-corrected chi connectivity index (χ1v) is 10.3. The maximum atomic E-state index is 12.8. The van der Waals surface area contributed by atoms with Crippen molar-refractivity contribution in [1.82, 2.24) is 4.31 Å². The fraction of sp³-hybridized carbons (Fsp3) is 0.278. The number of hydrogen-bond acceptors (Lipinski definition) is 3. The van der Waals surface area contributed by atoms with Crippen LogP contribution in [0, 0.1) is 0 Å². The van der Waals surface area contributed by atoms with E-state index in [1.807, 2.05) is 18.2 Å². The molecule has 0 N–H and O–H groups in total. The van der Waals surface area contributed by atoms with Gasteiger partial charge in [-0.2, -0.15) is 4.31 Å². The van der Waals surface area contributed by atoms with Gasteiger partial charge in [-0.1, -0.05) is 41.1 Å². The molecule has 0 fully saturated rings. The predicted molar refractivity (Wildman–Crippen MR) is 101 cm³/mol. The average Bonchev–Trinajstić information content (AvgIpc) is 3.03. The van der Waals surface area contributed by atoms with Gasteiger partial charge in [0.1, 0.15) is 0 Å². The predicted octanol–water partition coefficient (Wildman–Crippen LogP) is 3.05. The van der Waals surface area contributed by atoms with Crippen molar-refractivity contribution in [2.75, 3.05) is 24.5 Å². The molecule has 1 aliphatic heterocycles. The molecule has 1 amide bonds. The van der Waals surface area contributed by atoms with Gasteiger partial charge in [0.25, 0.3) is 0 Å². The molecule has 25 heavy (non-hydrogen) atoms. The Hall–Kier alpha value is -1.70. The number of nitrogens with zero attached hydrogens (tertiary/aromatic N) is 2. The van der Waals surface area contributed by atoms with Crippen molar-refractivity contribution >= 4 is 37.5 Å². The Labute approximate surface area is 156 Å². The third-order valence-corrected chi connectivity index (χ3v) is 6.71. The quantitative estimate of drug-likeness (QED) is 0.743. The van der Waals surface area contributed by atoms with Crippen molar-refractivity contribution in [3.8, 4) is 0 Å². The van der Waals surface area contributed by atoms with E-state index in [1.165, 1.54) is 4.31 Å². The topological polar surface area (TPSA) is 57.7 Å². The summed E-state index contributed by atoms with van der Waals surface area (Å²) >= 11 is 3.43. The Morgan fingerprint density at radius 2 is 1.92 bits per heavy atom. The van der Waals surface area contributed by atoms with E-state index < -0.39 is 10.0 Å². The average molecular weight is 423 g/mol. The van der Waals surface area contributed by atoms with Crippen LogP contribution in [0.4, 0.5) is 5.69 Å². The number of sulfonamides is 1. The van der Waals surface area contributed by atoms with Crippen LogP contribution in [0.15, 0.2) is 57.9 Å². The molecule has 0 unspecified atom stereocenters. The number of carbonyl (C=O) groups excluding carboxylic acids is 1. The van der Waals surface area contributed by atoms with E-state index in [0.717, 1.165) is 22.1 Å². The van der Waals surface area contributed by atoms with Crippen LogP contribution in [0.2, 0.25) is 0 Å². The van der Waals surface area contributed by atoms with Crippen LogP contribution in [-0.4, -0.2) is 38.3 Å². The third-order valence-electron chi connectivity index (χ3n) is 4.28. The SMILES string of the molecule is CCN(CC(=O)N1CCc2cc(Br)ccc21)S(=O)(=O)c1ccccc1. The van der Waals surface area contributed by atoms with Gasteiger partial charge in [0.2, 0.25) is 15.9 Å². The second-order valence-electron chi connectivity index (χ2n) is 5.81. The molecule has 7 heteroatoms. The molecule has 0 aromatic heterocycles. The van der Waals surface area contributed by atoms with Gasteiger partial charge in [0.05, 0.1) is 11.4 Å². The van der Waals surface area contributed by atoms with Crippen molar-refractivity contribution < 1.29 is 13.2 Å². The normalized spacial score (nSPS) is 14.0. The summed E-state index contributed by atoms with van der Waals surface area (Å²) in [5, 5.41) is 0. The van der Waals surface area contributed by atoms with Crippen LogP contribution in [-0.2, 0) is 21.2 Å². The van der Waals surface area contributed by atoms with E-state index in [-0.39, 0.29) is 23.9 Å². The van der Waals surface area contributed by atoms with E-state index in [0.29, 0.717) is 6.54 Å². The van der Waals surface area contributed by atoms with Gasteiger partial charge in [0.15, 0.2) is 0 Å². The summed E-state index contributed by atoms with van der Waals surface area (Å²) in [4.78, 5) is 14.6. The summed E-state index contributed by atoms with van der Waals surface area (Å²) in [6, 6.07) is 14.0. The molecule has 0 atom stereocenters. The van der Waals surface area contributed by atoms with Crippen molar-refractivity contribution in [2.45, 2.75) is 18.2 Å². The number of halogens is 1. The molecule has 0 bridgehead atoms. The first-order chi connectivity index (χ1) is 11.9. The molecule has 2 aromatic carbocycles. The highest BCUT2D eigenvalue weighted by molar-refractivity contribution is 9.10. The number of benzene rings is 2.